The fourth-order valence-electron chi connectivity index (χ4n) is 3.74. The van der Waals surface area contributed by atoms with E-state index in [1.54, 1.807) is 6.20 Å². The molecule has 162 valence electrons. The molecule has 1 aromatic carbocycles. The number of nitrogens with zero attached hydrogens (tertiary/aromatic N) is 4. The summed E-state index contributed by atoms with van der Waals surface area (Å²) in [5.74, 6) is 0.784. The number of hydrogen-bond donors (Lipinski definition) is 2. The Balaban J connectivity index is 1.50. The second kappa shape index (κ2) is 9.70. The number of carbonyl (C=O) groups excluding carboxylic acids is 1. The molecule has 3 aromatic rings. The average Bonchev–Trinajstić information content (AvgIpc) is 3.31. The Morgan fingerprint density at radius 1 is 1.23 bits per heavy atom. The van der Waals surface area contributed by atoms with Crippen LogP contribution in [0.3, 0.4) is 0 Å². The lowest BCUT2D eigenvalue weighted by Gasteiger charge is -2.35. The van der Waals surface area contributed by atoms with Crippen LogP contribution in [-0.2, 0) is 17.6 Å². The van der Waals surface area contributed by atoms with Crippen molar-refractivity contribution in [3.8, 4) is 0 Å². The monoisotopic (exact) mass is 420 g/mol. The van der Waals surface area contributed by atoms with Gasteiger partial charge in [-0.05, 0) is 37.8 Å². The number of rotatable bonds is 7. The number of hydrogen-bond acceptors (Lipinski definition) is 6. The van der Waals surface area contributed by atoms with Crippen molar-refractivity contribution in [3.05, 3.63) is 70.9 Å². The van der Waals surface area contributed by atoms with E-state index in [-0.39, 0.29) is 17.8 Å². The number of benzene rings is 1. The molecule has 0 aliphatic carbocycles. The van der Waals surface area contributed by atoms with Crippen LogP contribution >= 0.6 is 0 Å². The van der Waals surface area contributed by atoms with Crippen LogP contribution in [0.2, 0.25) is 0 Å². The molecule has 0 spiro atoms. The molecule has 2 aromatic heterocycles. The lowest BCUT2D eigenvalue weighted by molar-refractivity contribution is -0.00229. The molecule has 1 atom stereocenters. The maximum absolute atomic E-state index is 13.4. The Kier molecular flexibility index (Phi) is 6.57. The predicted octanol–water partition coefficient (Wildman–Crippen LogP) is 2.55. The molecule has 4 rings (SSSR count). The molecule has 1 fully saturated rings. The summed E-state index contributed by atoms with van der Waals surface area (Å²) in [6.07, 6.45) is 5.23. The van der Waals surface area contributed by atoms with Gasteiger partial charge in [0.15, 0.2) is 0 Å². The van der Waals surface area contributed by atoms with Crippen LogP contribution < -0.4 is 5.32 Å². The van der Waals surface area contributed by atoms with Gasteiger partial charge in [-0.2, -0.15) is 5.10 Å². The highest BCUT2D eigenvalue weighted by molar-refractivity contribution is 5.91. The molecular formula is C23H28N6O2. The second-order valence-electron chi connectivity index (χ2n) is 7.81. The summed E-state index contributed by atoms with van der Waals surface area (Å²) in [6, 6.07) is 10.1. The smallest absolute Gasteiger partial charge is 0.292 e. The van der Waals surface area contributed by atoms with Gasteiger partial charge in [-0.25, -0.2) is 9.97 Å². The van der Waals surface area contributed by atoms with Crippen molar-refractivity contribution in [2.45, 2.75) is 32.7 Å². The SMILES string of the molecule is Cc1nc(C(=O)N2CCOCC2Cc2ccccc2)nc(NCCc2cn[nH]c2)c1C. The highest BCUT2D eigenvalue weighted by Gasteiger charge is 2.30. The van der Waals surface area contributed by atoms with Gasteiger partial charge >= 0.3 is 0 Å². The van der Waals surface area contributed by atoms with Crippen molar-refractivity contribution in [1.82, 2.24) is 25.1 Å². The van der Waals surface area contributed by atoms with Gasteiger partial charge in [-0.3, -0.25) is 9.89 Å². The number of amides is 1. The first-order valence-corrected chi connectivity index (χ1v) is 10.6. The standard InChI is InChI=1S/C23H28N6O2/c1-16-17(2)27-22(28-21(16)24-9-8-19-13-25-26-14-19)23(30)29-10-11-31-15-20(29)12-18-6-4-3-5-7-18/h3-7,13-14,20H,8-12,15H2,1-2H3,(H,25,26)(H,24,27,28). The first-order valence-electron chi connectivity index (χ1n) is 10.6. The number of morpholine rings is 1. The van der Waals surface area contributed by atoms with Gasteiger partial charge in [0, 0.05) is 30.5 Å². The van der Waals surface area contributed by atoms with E-state index < -0.39 is 0 Å². The lowest BCUT2D eigenvalue weighted by Crippen LogP contribution is -2.50. The van der Waals surface area contributed by atoms with Crippen LogP contribution in [-0.4, -0.2) is 63.3 Å². The fourth-order valence-corrected chi connectivity index (χ4v) is 3.74. The number of nitrogens with one attached hydrogen (secondary N) is 2. The van der Waals surface area contributed by atoms with E-state index in [1.165, 1.54) is 5.56 Å². The molecule has 31 heavy (non-hydrogen) atoms. The molecule has 8 heteroatoms. The van der Waals surface area contributed by atoms with E-state index in [4.69, 9.17) is 4.74 Å². The fraction of sp³-hybridized carbons (Fsp3) is 0.391. The summed E-state index contributed by atoms with van der Waals surface area (Å²) >= 11 is 0. The number of H-pyrrole nitrogens is 1. The zero-order chi connectivity index (χ0) is 21.6. The van der Waals surface area contributed by atoms with Crippen molar-refractivity contribution in [2.24, 2.45) is 0 Å². The first kappa shape index (κ1) is 21.0. The third-order valence-corrected chi connectivity index (χ3v) is 5.64. The Hall–Kier alpha value is -3.26. The number of aromatic amines is 1. The maximum atomic E-state index is 13.4. The van der Waals surface area contributed by atoms with E-state index in [1.807, 2.05) is 43.1 Å². The van der Waals surface area contributed by atoms with E-state index in [9.17, 15) is 4.79 Å². The van der Waals surface area contributed by atoms with E-state index >= 15 is 0 Å². The van der Waals surface area contributed by atoms with Crippen molar-refractivity contribution >= 4 is 11.7 Å². The summed E-state index contributed by atoms with van der Waals surface area (Å²) < 4.78 is 5.67. The highest BCUT2D eigenvalue weighted by Crippen LogP contribution is 2.19. The number of anilines is 1. The van der Waals surface area contributed by atoms with E-state index in [0.717, 1.165) is 29.7 Å². The van der Waals surface area contributed by atoms with Crippen molar-refractivity contribution in [1.29, 1.82) is 0 Å². The van der Waals surface area contributed by atoms with Crippen LogP contribution in [0, 0.1) is 13.8 Å². The number of ether oxygens (including phenoxy) is 1. The van der Waals surface area contributed by atoms with Gasteiger partial charge in [-0.15, -0.1) is 0 Å². The minimum absolute atomic E-state index is 0.0358. The van der Waals surface area contributed by atoms with Crippen LogP contribution in [0.15, 0.2) is 42.7 Å². The molecule has 0 bridgehead atoms. The van der Waals surface area contributed by atoms with E-state index in [2.05, 4.69) is 37.6 Å². The summed E-state index contributed by atoms with van der Waals surface area (Å²) in [4.78, 5) is 24.3. The topological polar surface area (TPSA) is 96.0 Å². The van der Waals surface area contributed by atoms with Gasteiger partial charge in [0.2, 0.25) is 5.82 Å². The molecule has 3 heterocycles. The van der Waals surface area contributed by atoms with Crippen molar-refractivity contribution < 1.29 is 9.53 Å². The van der Waals surface area contributed by atoms with Gasteiger partial charge in [-0.1, -0.05) is 30.3 Å². The highest BCUT2D eigenvalue weighted by atomic mass is 16.5. The normalized spacial score (nSPS) is 16.3. The van der Waals surface area contributed by atoms with Gasteiger partial charge < -0.3 is 15.0 Å². The number of aromatic nitrogens is 4. The molecule has 2 N–H and O–H groups in total. The molecule has 1 aliphatic heterocycles. The average molecular weight is 421 g/mol. The molecule has 1 saturated heterocycles. The lowest BCUT2D eigenvalue weighted by atomic mass is 10.0. The number of aryl methyl sites for hydroxylation is 1. The third-order valence-electron chi connectivity index (χ3n) is 5.64. The summed E-state index contributed by atoms with van der Waals surface area (Å²) in [6.45, 7) is 6.15. The van der Waals surface area contributed by atoms with Gasteiger partial charge in [0.25, 0.3) is 5.91 Å². The molecule has 1 aliphatic rings. The summed E-state index contributed by atoms with van der Waals surface area (Å²) in [7, 11) is 0. The Morgan fingerprint density at radius 2 is 2.06 bits per heavy atom. The van der Waals surface area contributed by atoms with Crippen LogP contribution in [0.4, 0.5) is 5.82 Å². The van der Waals surface area contributed by atoms with Crippen LogP contribution in [0.25, 0.3) is 0 Å². The van der Waals surface area contributed by atoms with Crippen molar-refractivity contribution in [2.75, 3.05) is 31.6 Å². The Morgan fingerprint density at radius 3 is 2.84 bits per heavy atom. The second-order valence-corrected chi connectivity index (χ2v) is 7.81. The largest absolute Gasteiger partial charge is 0.377 e. The van der Waals surface area contributed by atoms with Gasteiger partial charge in [0.05, 0.1) is 25.5 Å². The molecule has 8 nitrogen and oxygen atoms in total. The summed E-state index contributed by atoms with van der Waals surface area (Å²) in [5, 5.41) is 10.1. The summed E-state index contributed by atoms with van der Waals surface area (Å²) in [5.41, 5.74) is 4.05. The number of carbonyl (C=O) groups is 1. The quantitative estimate of drug-likeness (QED) is 0.610. The maximum Gasteiger partial charge on any atom is 0.292 e. The minimum atomic E-state index is -0.148. The molecule has 0 radical (unpaired) electrons. The third kappa shape index (κ3) is 5.08. The molecule has 1 unspecified atom stereocenters. The van der Waals surface area contributed by atoms with Crippen molar-refractivity contribution in [3.63, 3.8) is 0 Å². The minimum Gasteiger partial charge on any atom is -0.377 e. The molecular weight excluding hydrogens is 392 g/mol. The zero-order valence-corrected chi connectivity index (χ0v) is 18.0. The predicted molar refractivity (Wildman–Crippen MR) is 118 cm³/mol. The molecule has 1 amide bonds. The Labute approximate surface area is 182 Å². The Bertz CT molecular complexity index is 1010. The van der Waals surface area contributed by atoms with Gasteiger partial charge in [0.1, 0.15) is 5.82 Å². The zero-order valence-electron chi connectivity index (χ0n) is 18.0. The molecule has 0 saturated carbocycles. The first-order chi connectivity index (χ1) is 15.1. The van der Waals surface area contributed by atoms with Crippen LogP contribution in [0.1, 0.15) is 33.0 Å². The van der Waals surface area contributed by atoms with E-state index in [0.29, 0.717) is 32.1 Å². The van der Waals surface area contributed by atoms with Crippen LogP contribution in [0.5, 0.6) is 0 Å².